The molecule has 0 spiro atoms. The first-order chi connectivity index (χ1) is 11.1. The third-order valence-electron chi connectivity index (χ3n) is 3.60. The third kappa shape index (κ3) is 2.85. The lowest BCUT2D eigenvalue weighted by Crippen LogP contribution is -2.28. The fraction of sp³-hybridized carbons (Fsp3) is 0.111. The third-order valence-corrected chi connectivity index (χ3v) is 3.60. The van der Waals surface area contributed by atoms with E-state index in [2.05, 4.69) is 0 Å². The van der Waals surface area contributed by atoms with Crippen LogP contribution in [-0.2, 0) is 9.59 Å². The molecule has 23 heavy (non-hydrogen) atoms. The summed E-state index contributed by atoms with van der Waals surface area (Å²) in [5.74, 6) is -1.05. The molecule has 0 aromatic heterocycles. The van der Waals surface area contributed by atoms with Crippen molar-refractivity contribution in [3.63, 3.8) is 0 Å². The molecule has 0 radical (unpaired) electrons. The molecule has 0 atom stereocenters. The number of carbonyl (C=O) groups excluding carboxylic acids is 2. The Morgan fingerprint density at radius 1 is 1.13 bits per heavy atom. The second kappa shape index (κ2) is 6.04. The number of hydrogen-bond acceptors (Lipinski definition) is 3. The highest BCUT2D eigenvalue weighted by Gasteiger charge is 2.34. The van der Waals surface area contributed by atoms with Gasteiger partial charge in [0.1, 0.15) is 0 Å². The van der Waals surface area contributed by atoms with Gasteiger partial charge in [-0.15, -0.1) is 0 Å². The average Bonchev–Trinajstić information content (AvgIpc) is 2.82. The fourth-order valence-electron chi connectivity index (χ4n) is 2.50. The maximum atomic E-state index is 13.7. The van der Waals surface area contributed by atoms with Gasteiger partial charge < -0.3 is 4.74 Å². The number of amides is 2. The standard InChI is InChI=1S/C18H14FNO3/c1-23-16-8-7-12(10-15(16)19)9-13-11-17(21)20(18(13)22)14-5-3-2-4-6-14/h2-10H,11H2,1H3/b13-9+. The van der Waals surface area contributed by atoms with E-state index < -0.39 is 5.82 Å². The number of benzene rings is 2. The topological polar surface area (TPSA) is 46.6 Å². The van der Waals surface area contributed by atoms with Crippen LogP contribution in [0.5, 0.6) is 5.75 Å². The van der Waals surface area contributed by atoms with Crippen molar-refractivity contribution in [3.05, 3.63) is 65.5 Å². The van der Waals surface area contributed by atoms with Gasteiger partial charge >= 0.3 is 0 Å². The summed E-state index contributed by atoms with van der Waals surface area (Å²) < 4.78 is 18.6. The van der Waals surface area contributed by atoms with Gasteiger partial charge in [-0.3, -0.25) is 9.59 Å². The molecule has 1 aliphatic heterocycles. The number of rotatable bonds is 3. The highest BCUT2D eigenvalue weighted by Crippen LogP contribution is 2.28. The number of para-hydroxylation sites is 1. The summed E-state index contributed by atoms with van der Waals surface area (Å²) in [7, 11) is 1.38. The number of nitrogens with zero attached hydrogens (tertiary/aromatic N) is 1. The molecule has 1 aliphatic rings. The van der Waals surface area contributed by atoms with Gasteiger partial charge in [0, 0.05) is 5.57 Å². The minimum Gasteiger partial charge on any atom is -0.494 e. The molecule has 1 fully saturated rings. The molecule has 0 aliphatic carbocycles. The Labute approximate surface area is 132 Å². The highest BCUT2D eigenvalue weighted by atomic mass is 19.1. The normalized spacial score (nSPS) is 16.3. The van der Waals surface area contributed by atoms with Crippen LogP contribution in [0.4, 0.5) is 10.1 Å². The van der Waals surface area contributed by atoms with Gasteiger partial charge in [-0.05, 0) is 35.9 Å². The van der Waals surface area contributed by atoms with E-state index in [1.807, 2.05) is 6.07 Å². The lowest BCUT2D eigenvalue weighted by atomic mass is 10.1. The van der Waals surface area contributed by atoms with E-state index in [4.69, 9.17) is 4.74 Å². The van der Waals surface area contributed by atoms with Gasteiger partial charge in [0.15, 0.2) is 11.6 Å². The molecule has 116 valence electrons. The summed E-state index contributed by atoms with van der Waals surface area (Å²) in [6.45, 7) is 0. The van der Waals surface area contributed by atoms with Crippen molar-refractivity contribution < 1.29 is 18.7 Å². The highest BCUT2D eigenvalue weighted by molar-refractivity contribution is 6.29. The summed E-state index contributed by atoms with van der Waals surface area (Å²) in [5.41, 5.74) is 1.38. The van der Waals surface area contributed by atoms with Gasteiger partial charge in [-0.2, -0.15) is 0 Å². The van der Waals surface area contributed by atoms with Crippen molar-refractivity contribution in [1.29, 1.82) is 0 Å². The SMILES string of the molecule is COc1ccc(/C=C2\CC(=O)N(c3ccccc3)C2=O)cc1F. The summed E-state index contributed by atoms with van der Waals surface area (Å²) in [5, 5.41) is 0. The van der Waals surface area contributed by atoms with Crippen molar-refractivity contribution in [3.8, 4) is 5.75 Å². The molecule has 4 nitrogen and oxygen atoms in total. The van der Waals surface area contributed by atoms with E-state index >= 15 is 0 Å². The Morgan fingerprint density at radius 2 is 1.87 bits per heavy atom. The van der Waals surface area contributed by atoms with E-state index in [0.29, 0.717) is 16.8 Å². The number of imide groups is 1. The molecular formula is C18H14FNO3. The molecule has 0 bridgehead atoms. The molecule has 5 heteroatoms. The molecule has 2 aromatic carbocycles. The Bertz CT molecular complexity index is 799. The van der Waals surface area contributed by atoms with Crippen LogP contribution >= 0.6 is 0 Å². The van der Waals surface area contributed by atoms with E-state index in [-0.39, 0.29) is 24.0 Å². The number of carbonyl (C=O) groups is 2. The van der Waals surface area contributed by atoms with E-state index in [9.17, 15) is 14.0 Å². The number of methoxy groups -OCH3 is 1. The maximum absolute atomic E-state index is 13.7. The largest absolute Gasteiger partial charge is 0.494 e. The molecule has 1 heterocycles. The Morgan fingerprint density at radius 3 is 2.52 bits per heavy atom. The van der Waals surface area contributed by atoms with Crippen molar-refractivity contribution in [2.45, 2.75) is 6.42 Å². The molecule has 1 saturated heterocycles. The lowest BCUT2D eigenvalue weighted by Gasteiger charge is -2.12. The van der Waals surface area contributed by atoms with Crippen molar-refractivity contribution in [1.82, 2.24) is 0 Å². The van der Waals surface area contributed by atoms with E-state index in [0.717, 1.165) is 4.90 Å². The summed E-state index contributed by atoms with van der Waals surface area (Å²) in [6, 6.07) is 13.1. The monoisotopic (exact) mass is 311 g/mol. The first-order valence-corrected chi connectivity index (χ1v) is 7.06. The van der Waals surface area contributed by atoms with Crippen LogP contribution in [0.3, 0.4) is 0 Å². The first kappa shape index (κ1) is 15.0. The molecule has 2 aromatic rings. The second-order valence-electron chi connectivity index (χ2n) is 5.11. The van der Waals surface area contributed by atoms with E-state index in [1.54, 1.807) is 30.3 Å². The quantitative estimate of drug-likeness (QED) is 0.646. The number of hydrogen-bond donors (Lipinski definition) is 0. The zero-order chi connectivity index (χ0) is 16.4. The maximum Gasteiger partial charge on any atom is 0.261 e. The molecule has 0 unspecified atom stereocenters. The Kier molecular flexibility index (Phi) is 3.93. The molecule has 0 N–H and O–H groups in total. The number of halogens is 1. The predicted octanol–water partition coefficient (Wildman–Crippen LogP) is 3.18. The van der Waals surface area contributed by atoms with Crippen LogP contribution in [0, 0.1) is 5.82 Å². The van der Waals surface area contributed by atoms with Gasteiger partial charge in [-0.25, -0.2) is 9.29 Å². The Balaban J connectivity index is 1.91. The van der Waals surface area contributed by atoms with E-state index in [1.165, 1.54) is 25.3 Å². The molecule has 3 rings (SSSR count). The average molecular weight is 311 g/mol. The van der Waals surface area contributed by atoms with Gasteiger partial charge in [0.25, 0.3) is 5.91 Å². The van der Waals surface area contributed by atoms with Gasteiger partial charge in [0.05, 0.1) is 19.2 Å². The molecule has 0 saturated carbocycles. The van der Waals surface area contributed by atoms with Crippen LogP contribution in [0.2, 0.25) is 0 Å². The summed E-state index contributed by atoms with van der Waals surface area (Å²) in [6.07, 6.45) is 1.53. The predicted molar refractivity (Wildman–Crippen MR) is 84.5 cm³/mol. The molecular weight excluding hydrogens is 297 g/mol. The lowest BCUT2D eigenvalue weighted by molar-refractivity contribution is -0.120. The Hall–Kier alpha value is -2.95. The second-order valence-corrected chi connectivity index (χ2v) is 5.11. The van der Waals surface area contributed by atoms with Crippen LogP contribution in [-0.4, -0.2) is 18.9 Å². The van der Waals surface area contributed by atoms with Crippen LogP contribution in [0.1, 0.15) is 12.0 Å². The number of anilines is 1. The first-order valence-electron chi connectivity index (χ1n) is 7.06. The van der Waals surface area contributed by atoms with Crippen LogP contribution in [0.25, 0.3) is 6.08 Å². The minimum atomic E-state index is -0.515. The van der Waals surface area contributed by atoms with Gasteiger partial charge in [-0.1, -0.05) is 24.3 Å². The zero-order valence-electron chi connectivity index (χ0n) is 12.5. The van der Waals surface area contributed by atoms with Crippen molar-refractivity contribution in [2.75, 3.05) is 12.0 Å². The van der Waals surface area contributed by atoms with Crippen LogP contribution in [0.15, 0.2) is 54.1 Å². The van der Waals surface area contributed by atoms with Crippen LogP contribution < -0.4 is 9.64 Å². The fourth-order valence-corrected chi connectivity index (χ4v) is 2.50. The molecule has 2 amide bonds. The summed E-state index contributed by atoms with van der Waals surface area (Å²) in [4.78, 5) is 25.7. The van der Waals surface area contributed by atoms with Crippen molar-refractivity contribution in [2.24, 2.45) is 0 Å². The number of ether oxygens (including phenoxy) is 1. The minimum absolute atomic E-state index is 0.00136. The zero-order valence-corrected chi connectivity index (χ0v) is 12.5. The van der Waals surface area contributed by atoms with Gasteiger partial charge in [0.2, 0.25) is 5.91 Å². The smallest absolute Gasteiger partial charge is 0.261 e. The van der Waals surface area contributed by atoms with Crippen molar-refractivity contribution >= 4 is 23.6 Å². The summed E-state index contributed by atoms with van der Waals surface area (Å²) >= 11 is 0.